The Balaban J connectivity index is 1.87. The van der Waals surface area contributed by atoms with Gasteiger partial charge in [0.15, 0.2) is 0 Å². The van der Waals surface area contributed by atoms with Crippen LogP contribution in [0.5, 0.6) is 0 Å². The SMILES string of the molecule is Cc1ccc([Se]c2c(-c3ccccc3)nc3ccccn23)cc1. The molecule has 0 fully saturated rings. The first-order valence-electron chi connectivity index (χ1n) is 7.58. The van der Waals surface area contributed by atoms with Crippen molar-refractivity contribution in [3.8, 4) is 11.3 Å². The van der Waals surface area contributed by atoms with Crippen LogP contribution in [0.25, 0.3) is 16.9 Å². The van der Waals surface area contributed by atoms with E-state index in [9.17, 15) is 0 Å². The molecule has 4 aromatic rings. The minimum atomic E-state index is 0.208. The Labute approximate surface area is 142 Å². The predicted molar refractivity (Wildman–Crippen MR) is 96.8 cm³/mol. The van der Waals surface area contributed by atoms with E-state index in [-0.39, 0.29) is 15.0 Å². The van der Waals surface area contributed by atoms with E-state index >= 15 is 0 Å². The molecule has 0 saturated carbocycles. The van der Waals surface area contributed by atoms with Crippen molar-refractivity contribution in [2.75, 3.05) is 0 Å². The number of hydrogen-bond acceptors (Lipinski definition) is 1. The van der Waals surface area contributed by atoms with E-state index in [4.69, 9.17) is 4.98 Å². The van der Waals surface area contributed by atoms with Gasteiger partial charge in [0.05, 0.1) is 0 Å². The molecule has 3 heteroatoms. The third kappa shape index (κ3) is 2.81. The van der Waals surface area contributed by atoms with Gasteiger partial charge < -0.3 is 0 Å². The number of aromatic nitrogens is 2. The van der Waals surface area contributed by atoms with E-state index in [1.54, 1.807) is 0 Å². The molecular weight excluding hydrogens is 347 g/mol. The second kappa shape index (κ2) is 6.04. The number of benzene rings is 2. The Morgan fingerprint density at radius 2 is 1.57 bits per heavy atom. The van der Waals surface area contributed by atoms with Gasteiger partial charge in [0, 0.05) is 0 Å². The fourth-order valence-electron chi connectivity index (χ4n) is 2.57. The van der Waals surface area contributed by atoms with E-state index in [1.807, 2.05) is 12.1 Å². The molecule has 0 amide bonds. The molecule has 0 spiro atoms. The van der Waals surface area contributed by atoms with Crippen molar-refractivity contribution in [2.24, 2.45) is 0 Å². The van der Waals surface area contributed by atoms with Crippen LogP contribution in [0.4, 0.5) is 0 Å². The summed E-state index contributed by atoms with van der Waals surface area (Å²) in [5, 5.41) is 0. The summed E-state index contributed by atoms with van der Waals surface area (Å²) in [5.41, 5.74) is 4.58. The van der Waals surface area contributed by atoms with Gasteiger partial charge in [0.2, 0.25) is 0 Å². The Morgan fingerprint density at radius 1 is 0.826 bits per heavy atom. The molecule has 0 saturated heterocycles. The molecule has 0 radical (unpaired) electrons. The standard InChI is InChI=1S/C20H16N2Se/c1-15-10-12-17(13-11-15)23-20-19(16-7-3-2-4-8-16)21-18-9-5-6-14-22(18)20/h2-14H,1H3. The molecule has 23 heavy (non-hydrogen) atoms. The average Bonchev–Trinajstić information content (AvgIpc) is 2.96. The van der Waals surface area contributed by atoms with Crippen molar-refractivity contribution in [3.05, 3.63) is 84.6 Å². The molecule has 4 rings (SSSR count). The monoisotopic (exact) mass is 364 g/mol. The van der Waals surface area contributed by atoms with Gasteiger partial charge in [-0.25, -0.2) is 0 Å². The third-order valence-corrected chi connectivity index (χ3v) is 6.06. The minimum absolute atomic E-state index is 0.208. The molecule has 0 N–H and O–H groups in total. The zero-order valence-corrected chi connectivity index (χ0v) is 14.5. The molecule has 0 bridgehead atoms. The van der Waals surface area contributed by atoms with E-state index < -0.39 is 0 Å². The maximum atomic E-state index is 4.88. The maximum absolute atomic E-state index is 4.88. The van der Waals surface area contributed by atoms with Crippen LogP contribution >= 0.6 is 0 Å². The fourth-order valence-corrected chi connectivity index (χ4v) is 4.69. The van der Waals surface area contributed by atoms with E-state index in [0.29, 0.717) is 0 Å². The van der Waals surface area contributed by atoms with Crippen LogP contribution in [0.15, 0.2) is 79.0 Å². The van der Waals surface area contributed by atoms with Crippen molar-refractivity contribution in [1.29, 1.82) is 0 Å². The van der Waals surface area contributed by atoms with E-state index in [0.717, 1.165) is 11.3 Å². The number of imidazole rings is 1. The number of nitrogens with zero attached hydrogens (tertiary/aromatic N) is 2. The Hall–Kier alpha value is -2.35. The first-order chi connectivity index (χ1) is 11.3. The van der Waals surface area contributed by atoms with Gasteiger partial charge in [-0.2, -0.15) is 0 Å². The van der Waals surface area contributed by atoms with Gasteiger partial charge in [-0.3, -0.25) is 0 Å². The summed E-state index contributed by atoms with van der Waals surface area (Å²) < 4.78 is 4.89. The predicted octanol–water partition coefficient (Wildman–Crippen LogP) is 2.96. The number of fused-ring (bicyclic) bond motifs is 1. The third-order valence-electron chi connectivity index (χ3n) is 3.77. The Morgan fingerprint density at radius 3 is 2.35 bits per heavy atom. The zero-order valence-electron chi connectivity index (χ0n) is 12.8. The Kier molecular flexibility index (Phi) is 3.74. The first-order valence-corrected chi connectivity index (χ1v) is 9.29. The van der Waals surface area contributed by atoms with E-state index in [1.165, 1.54) is 20.2 Å². The topological polar surface area (TPSA) is 17.3 Å². The molecule has 0 aliphatic carbocycles. The number of pyridine rings is 1. The molecular formula is C20H16N2Se. The molecule has 0 aliphatic heterocycles. The summed E-state index contributed by atoms with van der Waals surface area (Å²) in [6, 6.07) is 25.5. The van der Waals surface area contributed by atoms with Crippen molar-refractivity contribution in [2.45, 2.75) is 6.92 Å². The number of rotatable bonds is 3. The van der Waals surface area contributed by atoms with Gasteiger partial charge in [-0.05, 0) is 0 Å². The van der Waals surface area contributed by atoms with Crippen molar-refractivity contribution in [1.82, 2.24) is 9.38 Å². The molecule has 0 aliphatic rings. The quantitative estimate of drug-likeness (QED) is 0.512. The molecule has 112 valence electrons. The van der Waals surface area contributed by atoms with Gasteiger partial charge >= 0.3 is 142 Å². The summed E-state index contributed by atoms with van der Waals surface area (Å²) >= 11 is 0.208. The zero-order chi connectivity index (χ0) is 15.6. The van der Waals surface area contributed by atoms with Crippen LogP contribution in [-0.2, 0) is 0 Å². The van der Waals surface area contributed by atoms with Crippen LogP contribution in [0.1, 0.15) is 5.56 Å². The van der Waals surface area contributed by atoms with Crippen LogP contribution in [-0.4, -0.2) is 24.3 Å². The van der Waals surface area contributed by atoms with Crippen LogP contribution in [0.3, 0.4) is 0 Å². The molecule has 2 aromatic carbocycles. The van der Waals surface area contributed by atoms with Crippen LogP contribution in [0, 0.1) is 6.92 Å². The summed E-state index contributed by atoms with van der Waals surface area (Å²) in [4.78, 5) is 4.88. The summed E-state index contributed by atoms with van der Waals surface area (Å²) in [6.45, 7) is 2.13. The normalized spacial score (nSPS) is 11.0. The van der Waals surface area contributed by atoms with Crippen molar-refractivity contribution >= 4 is 29.7 Å². The van der Waals surface area contributed by atoms with Crippen LogP contribution in [0.2, 0.25) is 0 Å². The summed E-state index contributed by atoms with van der Waals surface area (Å²) in [7, 11) is 0. The van der Waals surface area contributed by atoms with Gasteiger partial charge in [0.25, 0.3) is 0 Å². The molecule has 2 aromatic heterocycles. The van der Waals surface area contributed by atoms with Crippen molar-refractivity contribution in [3.63, 3.8) is 0 Å². The molecule has 0 unspecified atom stereocenters. The van der Waals surface area contributed by atoms with Gasteiger partial charge in [-0.15, -0.1) is 0 Å². The molecule has 2 heterocycles. The second-order valence-electron chi connectivity index (χ2n) is 5.48. The van der Waals surface area contributed by atoms with Gasteiger partial charge in [0.1, 0.15) is 0 Å². The van der Waals surface area contributed by atoms with Crippen LogP contribution < -0.4 is 9.05 Å². The molecule has 2 nitrogen and oxygen atoms in total. The first kappa shape index (κ1) is 14.3. The molecule has 0 atom stereocenters. The van der Waals surface area contributed by atoms with E-state index in [2.05, 4.69) is 78.2 Å². The average molecular weight is 363 g/mol. The number of aryl methyl sites for hydroxylation is 1. The Bertz CT molecular complexity index is 940. The van der Waals surface area contributed by atoms with Gasteiger partial charge in [-0.1, -0.05) is 0 Å². The summed E-state index contributed by atoms with van der Waals surface area (Å²) in [6.07, 6.45) is 2.11. The summed E-state index contributed by atoms with van der Waals surface area (Å²) in [5.74, 6) is 0. The van der Waals surface area contributed by atoms with Crippen molar-refractivity contribution < 1.29 is 0 Å². The fraction of sp³-hybridized carbons (Fsp3) is 0.0500. The second-order valence-corrected chi connectivity index (χ2v) is 7.70. The number of hydrogen-bond donors (Lipinski definition) is 0.